The van der Waals surface area contributed by atoms with Gasteiger partial charge < -0.3 is 10.1 Å². The lowest BCUT2D eigenvalue weighted by Gasteiger charge is -2.10. The molecule has 0 radical (unpaired) electrons. The van der Waals surface area contributed by atoms with Crippen LogP contribution in [0.3, 0.4) is 0 Å². The maximum absolute atomic E-state index is 11.9. The van der Waals surface area contributed by atoms with Gasteiger partial charge in [0.2, 0.25) is 5.91 Å². The number of aryl methyl sites for hydroxylation is 1. The van der Waals surface area contributed by atoms with E-state index in [2.05, 4.69) is 21.2 Å². The van der Waals surface area contributed by atoms with Crippen LogP contribution in [-0.4, -0.2) is 34.5 Å². The third kappa shape index (κ3) is 9.24. The molecule has 0 fully saturated rings. The van der Waals surface area contributed by atoms with Gasteiger partial charge in [-0.15, -0.1) is 0 Å². The van der Waals surface area contributed by atoms with Gasteiger partial charge in [0, 0.05) is 30.8 Å². The Balaban J connectivity index is 1.52. The molecular weight excluding hydrogens is 404 g/mol. The number of carbonyl (C=O) groups is 3. The Bertz CT molecular complexity index is 847. The number of hydrogen-bond acceptors (Lipinski definition) is 6. The Morgan fingerprint density at radius 2 is 1.67 bits per heavy atom. The van der Waals surface area contributed by atoms with Crippen molar-refractivity contribution in [2.75, 3.05) is 6.61 Å². The summed E-state index contributed by atoms with van der Waals surface area (Å²) < 4.78 is 5.17. The average Bonchev–Trinajstić information content (AvgIpc) is 2.76. The van der Waals surface area contributed by atoms with Gasteiger partial charge in [-0.2, -0.15) is 0 Å². The topological polar surface area (TPSA) is 109 Å². The lowest BCUT2D eigenvalue weighted by atomic mass is 10.1. The molecule has 3 N–H and O–H groups in total. The molecule has 0 aliphatic rings. The first-order chi connectivity index (χ1) is 14.5. The van der Waals surface area contributed by atoms with Crippen LogP contribution in [0.1, 0.15) is 41.6 Å². The summed E-state index contributed by atoms with van der Waals surface area (Å²) in [5, 5.41) is 2.40. The minimum atomic E-state index is -0.413. The van der Waals surface area contributed by atoms with E-state index in [9.17, 15) is 14.4 Å². The van der Waals surface area contributed by atoms with Crippen molar-refractivity contribution in [1.82, 2.24) is 21.2 Å². The van der Waals surface area contributed by atoms with Crippen molar-refractivity contribution in [2.45, 2.75) is 32.1 Å². The van der Waals surface area contributed by atoms with Crippen LogP contribution in [0.25, 0.3) is 0 Å². The third-order valence-corrected chi connectivity index (χ3v) is 4.19. The predicted molar refractivity (Wildman–Crippen MR) is 115 cm³/mol. The van der Waals surface area contributed by atoms with E-state index in [1.807, 2.05) is 30.3 Å². The SMILES string of the molecule is O=C(CCCC(=O)OCCCc1ccccc1)NC(=S)NNC(=O)c1ccncc1. The second kappa shape index (κ2) is 13.0. The Morgan fingerprint density at radius 3 is 2.40 bits per heavy atom. The minimum Gasteiger partial charge on any atom is -0.466 e. The van der Waals surface area contributed by atoms with Crippen LogP contribution >= 0.6 is 12.2 Å². The summed E-state index contributed by atoms with van der Waals surface area (Å²) in [5.41, 5.74) is 6.42. The maximum Gasteiger partial charge on any atom is 0.305 e. The summed E-state index contributed by atoms with van der Waals surface area (Å²) in [4.78, 5) is 39.2. The van der Waals surface area contributed by atoms with Gasteiger partial charge in [-0.25, -0.2) is 0 Å². The first-order valence-corrected chi connectivity index (χ1v) is 9.95. The van der Waals surface area contributed by atoms with Crippen LogP contribution < -0.4 is 16.2 Å². The molecule has 0 atom stereocenters. The van der Waals surface area contributed by atoms with Crippen LogP contribution in [0.2, 0.25) is 0 Å². The van der Waals surface area contributed by atoms with Gasteiger partial charge in [0.25, 0.3) is 5.91 Å². The summed E-state index contributed by atoms with van der Waals surface area (Å²) >= 11 is 4.95. The molecule has 0 saturated carbocycles. The standard InChI is InChI=1S/C21H24N4O4S/c26-18(23-21(30)25-24-20(28)17-11-13-22-14-12-17)9-4-10-19(27)29-15-5-8-16-6-2-1-3-7-16/h1-3,6-7,11-14H,4-5,8-10,15H2,(H,24,28)(H2,23,25,26,30). The lowest BCUT2D eigenvalue weighted by Crippen LogP contribution is -2.48. The maximum atomic E-state index is 11.9. The molecule has 1 heterocycles. The van der Waals surface area contributed by atoms with E-state index in [0.29, 0.717) is 18.6 Å². The van der Waals surface area contributed by atoms with Gasteiger partial charge in [0.05, 0.1) is 6.61 Å². The first kappa shape index (κ1) is 23.0. The number of hydrazine groups is 1. The second-order valence-corrected chi connectivity index (χ2v) is 6.76. The van der Waals surface area contributed by atoms with Crippen molar-refractivity contribution in [3.63, 3.8) is 0 Å². The lowest BCUT2D eigenvalue weighted by molar-refractivity contribution is -0.143. The van der Waals surface area contributed by atoms with E-state index >= 15 is 0 Å². The van der Waals surface area contributed by atoms with Gasteiger partial charge in [-0.3, -0.25) is 30.2 Å². The number of amides is 2. The highest BCUT2D eigenvalue weighted by atomic mass is 32.1. The molecule has 2 rings (SSSR count). The number of nitrogens with zero attached hydrogens (tertiary/aromatic N) is 1. The average molecular weight is 429 g/mol. The normalized spacial score (nSPS) is 10.0. The molecule has 0 bridgehead atoms. The fourth-order valence-corrected chi connectivity index (χ4v) is 2.65. The largest absolute Gasteiger partial charge is 0.466 e. The number of thiocarbonyl (C=S) groups is 1. The van der Waals surface area contributed by atoms with Gasteiger partial charge in [0.15, 0.2) is 5.11 Å². The van der Waals surface area contributed by atoms with E-state index in [0.717, 1.165) is 12.8 Å². The van der Waals surface area contributed by atoms with E-state index in [1.165, 1.54) is 18.0 Å². The van der Waals surface area contributed by atoms with Crippen molar-refractivity contribution < 1.29 is 19.1 Å². The monoisotopic (exact) mass is 428 g/mol. The number of rotatable bonds is 9. The number of hydrogen-bond donors (Lipinski definition) is 3. The summed E-state index contributed by atoms with van der Waals surface area (Å²) in [6.45, 7) is 0.352. The summed E-state index contributed by atoms with van der Waals surface area (Å²) in [5.74, 6) is -1.10. The molecule has 2 amide bonds. The van der Waals surface area contributed by atoms with E-state index < -0.39 is 5.91 Å². The summed E-state index contributed by atoms with van der Waals surface area (Å²) in [7, 11) is 0. The quantitative estimate of drug-likeness (QED) is 0.243. The Morgan fingerprint density at radius 1 is 0.933 bits per heavy atom. The highest BCUT2D eigenvalue weighted by Crippen LogP contribution is 2.04. The molecule has 2 aromatic rings. The predicted octanol–water partition coefficient (Wildman–Crippen LogP) is 2.06. The molecule has 9 heteroatoms. The van der Waals surface area contributed by atoms with Crippen LogP contribution in [0.5, 0.6) is 0 Å². The number of benzene rings is 1. The highest BCUT2D eigenvalue weighted by molar-refractivity contribution is 7.80. The van der Waals surface area contributed by atoms with Gasteiger partial charge in [-0.05, 0) is 49.2 Å². The fraction of sp³-hybridized carbons (Fsp3) is 0.286. The van der Waals surface area contributed by atoms with Crippen molar-refractivity contribution in [3.05, 3.63) is 66.0 Å². The van der Waals surface area contributed by atoms with Gasteiger partial charge in [0.1, 0.15) is 0 Å². The van der Waals surface area contributed by atoms with Crippen molar-refractivity contribution in [1.29, 1.82) is 0 Å². The molecule has 0 unspecified atom stereocenters. The number of pyridine rings is 1. The smallest absolute Gasteiger partial charge is 0.305 e. The molecule has 0 aliphatic heterocycles. The molecular formula is C21H24N4O4S. The number of esters is 1. The number of ether oxygens (including phenoxy) is 1. The molecule has 1 aromatic heterocycles. The Labute approximate surface area is 180 Å². The molecule has 1 aromatic carbocycles. The van der Waals surface area contributed by atoms with Crippen molar-refractivity contribution >= 4 is 35.1 Å². The van der Waals surface area contributed by atoms with E-state index in [1.54, 1.807) is 12.1 Å². The molecule has 158 valence electrons. The Kier molecular flexibility index (Phi) is 9.94. The summed E-state index contributed by atoms with van der Waals surface area (Å²) in [6.07, 6.45) is 5.18. The van der Waals surface area contributed by atoms with Crippen molar-refractivity contribution in [2.24, 2.45) is 0 Å². The zero-order chi connectivity index (χ0) is 21.6. The van der Waals surface area contributed by atoms with Gasteiger partial charge >= 0.3 is 5.97 Å². The number of nitrogens with one attached hydrogen (secondary N) is 3. The minimum absolute atomic E-state index is 0.0362. The molecule has 0 saturated heterocycles. The van der Waals surface area contributed by atoms with Gasteiger partial charge in [-0.1, -0.05) is 30.3 Å². The highest BCUT2D eigenvalue weighted by Gasteiger charge is 2.09. The van der Waals surface area contributed by atoms with Crippen molar-refractivity contribution in [3.8, 4) is 0 Å². The van der Waals surface area contributed by atoms with Crippen LogP contribution in [-0.2, 0) is 20.7 Å². The fourth-order valence-electron chi connectivity index (χ4n) is 2.48. The first-order valence-electron chi connectivity index (χ1n) is 9.54. The van der Waals surface area contributed by atoms with Crippen LogP contribution in [0.4, 0.5) is 0 Å². The van der Waals surface area contributed by atoms with E-state index in [-0.39, 0.29) is 29.8 Å². The Hall–Kier alpha value is -3.33. The molecule has 0 spiro atoms. The number of carbonyl (C=O) groups excluding carboxylic acids is 3. The zero-order valence-electron chi connectivity index (χ0n) is 16.4. The van der Waals surface area contributed by atoms with Crippen LogP contribution in [0, 0.1) is 0 Å². The number of aromatic nitrogens is 1. The molecule has 0 aliphatic carbocycles. The molecule has 30 heavy (non-hydrogen) atoms. The third-order valence-electron chi connectivity index (χ3n) is 3.99. The summed E-state index contributed by atoms with van der Waals surface area (Å²) in [6, 6.07) is 13.1. The second-order valence-electron chi connectivity index (χ2n) is 6.36. The van der Waals surface area contributed by atoms with Crippen LogP contribution in [0.15, 0.2) is 54.9 Å². The van der Waals surface area contributed by atoms with E-state index in [4.69, 9.17) is 17.0 Å². The zero-order valence-corrected chi connectivity index (χ0v) is 17.2. The molecule has 8 nitrogen and oxygen atoms in total.